The van der Waals surface area contributed by atoms with Gasteiger partial charge in [0.15, 0.2) is 6.10 Å². The van der Waals surface area contributed by atoms with Crippen LogP contribution in [0.2, 0.25) is 0 Å². The number of nitrogens with zero attached hydrogens (tertiary/aromatic N) is 2. The standard InChI is InChI=1S/C12H21N2O3/c1-10(15)12(16)17-14-8-4-2-3-6-11(14)13-7-5-9-14/h10,15H,2-9H2,1H3/q+1. The molecule has 1 saturated heterocycles. The highest BCUT2D eigenvalue weighted by Gasteiger charge is 2.42. The Kier molecular flexibility index (Phi) is 3.79. The van der Waals surface area contributed by atoms with Crippen molar-refractivity contribution in [3.63, 3.8) is 0 Å². The molecule has 0 bridgehead atoms. The summed E-state index contributed by atoms with van der Waals surface area (Å²) in [6.07, 6.45) is 4.11. The highest BCUT2D eigenvalue weighted by Crippen LogP contribution is 2.25. The van der Waals surface area contributed by atoms with Crippen molar-refractivity contribution in [2.75, 3.05) is 19.6 Å². The molecule has 0 amide bonds. The zero-order chi connectivity index (χ0) is 12.3. The van der Waals surface area contributed by atoms with Crippen LogP contribution in [0.1, 0.15) is 39.0 Å². The Bertz CT molecular complexity index is 328. The van der Waals surface area contributed by atoms with E-state index in [-0.39, 0.29) is 4.65 Å². The second-order valence-electron chi connectivity index (χ2n) is 4.88. The summed E-state index contributed by atoms with van der Waals surface area (Å²) in [4.78, 5) is 21.7. The van der Waals surface area contributed by atoms with E-state index in [1.165, 1.54) is 6.92 Å². The van der Waals surface area contributed by atoms with Crippen molar-refractivity contribution in [2.24, 2.45) is 4.99 Å². The van der Waals surface area contributed by atoms with E-state index < -0.39 is 12.1 Å². The maximum Gasteiger partial charge on any atom is 0.395 e. The van der Waals surface area contributed by atoms with Crippen molar-refractivity contribution in [3.05, 3.63) is 0 Å². The molecule has 0 radical (unpaired) electrons. The third-order valence-corrected chi connectivity index (χ3v) is 3.47. The van der Waals surface area contributed by atoms with E-state index in [4.69, 9.17) is 4.84 Å². The molecule has 2 atom stereocenters. The molecule has 2 aliphatic rings. The fourth-order valence-electron chi connectivity index (χ4n) is 2.54. The van der Waals surface area contributed by atoms with Crippen molar-refractivity contribution >= 4 is 11.8 Å². The lowest BCUT2D eigenvalue weighted by molar-refractivity contribution is -1.02. The second-order valence-corrected chi connectivity index (χ2v) is 4.88. The first-order chi connectivity index (χ1) is 8.14. The van der Waals surface area contributed by atoms with Crippen LogP contribution in [0.25, 0.3) is 0 Å². The topological polar surface area (TPSA) is 58.9 Å². The molecule has 5 heteroatoms. The lowest BCUT2D eigenvalue weighted by Crippen LogP contribution is -2.57. The van der Waals surface area contributed by atoms with Crippen LogP contribution in [-0.2, 0) is 9.63 Å². The van der Waals surface area contributed by atoms with Crippen molar-refractivity contribution < 1.29 is 19.4 Å². The number of hydrogen-bond donors (Lipinski definition) is 1. The molecule has 2 unspecified atom stereocenters. The number of aliphatic imine (C=N–C) groups is 1. The van der Waals surface area contributed by atoms with Crippen molar-refractivity contribution in [1.29, 1.82) is 0 Å². The SMILES string of the molecule is CC(O)C(=O)O[N+]12CCCCCC1=NCCC2. The number of carbonyl (C=O) groups is 1. The van der Waals surface area contributed by atoms with Crippen LogP contribution >= 0.6 is 0 Å². The summed E-state index contributed by atoms with van der Waals surface area (Å²) in [5, 5.41) is 9.28. The van der Waals surface area contributed by atoms with Gasteiger partial charge in [-0.15, -0.1) is 0 Å². The van der Waals surface area contributed by atoms with E-state index in [2.05, 4.69) is 4.99 Å². The molecule has 0 saturated carbocycles. The van der Waals surface area contributed by atoms with Gasteiger partial charge in [0, 0.05) is 19.3 Å². The van der Waals surface area contributed by atoms with E-state index in [1.54, 1.807) is 0 Å². The summed E-state index contributed by atoms with van der Waals surface area (Å²) in [5.74, 6) is 0.448. The second kappa shape index (κ2) is 5.14. The molecule has 2 aliphatic heterocycles. The van der Waals surface area contributed by atoms with Gasteiger partial charge in [0.2, 0.25) is 5.84 Å². The van der Waals surface area contributed by atoms with Gasteiger partial charge in [0.05, 0.1) is 6.54 Å². The maximum absolute atomic E-state index is 11.6. The largest absolute Gasteiger partial charge is 0.395 e. The molecule has 0 aromatic carbocycles. The van der Waals surface area contributed by atoms with Gasteiger partial charge in [-0.3, -0.25) is 4.84 Å². The molecule has 17 heavy (non-hydrogen) atoms. The van der Waals surface area contributed by atoms with Crippen molar-refractivity contribution in [2.45, 2.75) is 45.1 Å². The lowest BCUT2D eigenvalue weighted by atomic mass is 10.2. The average Bonchev–Trinajstić information content (AvgIpc) is 2.51. The first-order valence-corrected chi connectivity index (χ1v) is 6.46. The smallest absolute Gasteiger partial charge is 0.381 e. The molecule has 0 aliphatic carbocycles. The molecule has 1 N–H and O–H groups in total. The number of rotatable bonds is 2. The Morgan fingerprint density at radius 3 is 2.88 bits per heavy atom. The van der Waals surface area contributed by atoms with Gasteiger partial charge < -0.3 is 5.11 Å². The van der Waals surface area contributed by atoms with E-state index in [0.29, 0.717) is 0 Å². The maximum atomic E-state index is 11.6. The molecular weight excluding hydrogens is 220 g/mol. The number of carbonyl (C=O) groups excluding carboxylic acids is 1. The summed E-state index contributed by atoms with van der Waals surface area (Å²) >= 11 is 0. The number of hydroxylamine groups is 3. The Morgan fingerprint density at radius 1 is 1.35 bits per heavy atom. The molecule has 0 spiro atoms. The number of amidine groups is 1. The normalized spacial score (nSPS) is 30.8. The minimum absolute atomic E-state index is 0.240. The summed E-state index contributed by atoms with van der Waals surface area (Å²) < 4.78 is 0.240. The van der Waals surface area contributed by atoms with Crippen molar-refractivity contribution in [1.82, 2.24) is 0 Å². The first-order valence-electron chi connectivity index (χ1n) is 6.46. The summed E-state index contributed by atoms with van der Waals surface area (Å²) in [5.41, 5.74) is 0. The van der Waals surface area contributed by atoms with Crippen LogP contribution in [-0.4, -0.2) is 47.3 Å². The van der Waals surface area contributed by atoms with Crippen LogP contribution < -0.4 is 0 Å². The van der Waals surface area contributed by atoms with Crippen LogP contribution in [0, 0.1) is 0 Å². The number of aliphatic hydroxyl groups excluding tert-OH is 1. The first kappa shape index (κ1) is 12.5. The zero-order valence-corrected chi connectivity index (χ0v) is 10.4. The number of fused-ring (bicyclic) bond motifs is 1. The number of hydrogen-bond acceptors (Lipinski definition) is 4. The zero-order valence-electron chi connectivity index (χ0n) is 10.4. The summed E-state index contributed by atoms with van der Waals surface area (Å²) in [7, 11) is 0. The van der Waals surface area contributed by atoms with Crippen LogP contribution in [0.3, 0.4) is 0 Å². The number of quaternary nitrogens is 1. The van der Waals surface area contributed by atoms with Gasteiger partial charge in [-0.2, -0.15) is 0 Å². The highest BCUT2D eigenvalue weighted by atomic mass is 16.8. The molecule has 0 aromatic rings. The van der Waals surface area contributed by atoms with E-state index in [9.17, 15) is 9.90 Å². The van der Waals surface area contributed by atoms with Gasteiger partial charge >= 0.3 is 5.97 Å². The lowest BCUT2D eigenvalue weighted by Gasteiger charge is -2.35. The van der Waals surface area contributed by atoms with Gasteiger partial charge in [0.1, 0.15) is 13.1 Å². The van der Waals surface area contributed by atoms with Crippen molar-refractivity contribution in [3.8, 4) is 0 Å². The molecule has 96 valence electrons. The van der Waals surface area contributed by atoms with E-state index >= 15 is 0 Å². The van der Waals surface area contributed by atoms with E-state index in [1.807, 2.05) is 0 Å². The molecule has 1 fully saturated rings. The average molecular weight is 241 g/mol. The van der Waals surface area contributed by atoms with Crippen LogP contribution in [0.4, 0.5) is 0 Å². The Labute approximate surface area is 102 Å². The van der Waals surface area contributed by atoms with Crippen LogP contribution in [0.15, 0.2) is 4.99 Å². The fraction of sp³-hybridized carbons (Fsp3) is 0.833. The van der Waals surface area contributed by atoms with Gasteiger partial charge in [-0.25, -0.2) is 9.79 Å². The Hall–Kier alpha value is -0.940. The predicted molar refractivity (Wildman–Crippen MR) is 63.2 cm³/mol. The molecule has 0 aromatic heterocycles. The Balaban J connectivity index is 2.19. The third-order valence-electron chi connectivity index (χ3n) is 3.47. The predicted octanol–water partition coefficient (Wildman–Crippen LogP) is 1.02. The molecular formula is C12H21N2O3+. The minimum Gasteiger partial charge on any atom is -0.381 e. The fourth-order valence-corrected chi connectivity index (χ4v) is 2.54. The Morgan fingerprint density at radius 2 is 2.12 bits per heavy atom. The quantitative estimate of drug-likeness (QED) is 0.734. The summed E-state index contributed by atoms with van der Waals surface area (Å²) in [6, 6.07) is 0. The molecule has 2 rings (SSSR count). The van der Waals surface area contributed by atoms with Gasteiger partial charge in [-0.05, 0) is 19.8 Å². The van der Waals surface area contributed by atoms with Gasteiger partial charge in [-0.1, -0.05) is 4.65 Å². The monoisotopic (exact) mass is 241 g/mol. The highest BCUT2D eigenvalue weighted by molar-refractivity contribution is 5.78. The molecule has 2 heterocycles. The number of aliphatic hydroxyl groups is 1. The summed E-state index contributed by atoms with van der Waals surface area (Å²) in [6.45, 7) is 3.88. The van der Waals surface area contributed by atoms with Gasteiger partial charge in [0.25, 0.3) is 0 Å². The van der Waals surface area contributed by atoms with Crippen LogP contribution in [0.5, 0.6) is 0 Å². The minimum atomic E-state index is -1.06. The van der Waals surface area contributed by atoms with E-state index in [0.717, 1.165) is 57.6 Å². The molecule has 5 nitrogen and oxygen atoms in total. The third kappa shape index (κ3) is 2.66.